The SMILES string of the molecule is CCCOCCc1nc(CCN)no1. The Morgan fingerprint density at radius 2 is 2.21 bits per heavy atom. The van der Waals surface area contributed by atoms with Gasteiger partial charge in [-0.2, -0.15) is 4.98 Å². The molecule has 0 fully saturated rings. The van der Waals surface area contributed by atoms with Gasteiger partial charge in [-0.15, -0.1) is 0 Å². The van der Waals surface area contributed by atoms with Crippen LogP contribution in [0.2, 0.25) is 0 Å². The Hall–Kier alpha value is -0.940. The first-order valence-corrected chi connectivity index (χ1v) is 4.96. The summed E-state index contributed by atoms with van der Waals surface area (Å²) in [6, 6.07) is 0. The van der Waals surface area contributed by atoms with E-state index < -0.39 is 0 Å². The Balaban J connectivity index is 2.22. The molecule has 0 aromatic carbocycles. The van der Waals surface area contributed by atoms with Gasteiger partial charge in [0.1, 0.15) is 0 Å². The number of nitrogens with two attached hydrogens (primary N) is 1. The molecule has 1 aromatic heterocycles. The summed E-state index contributed by atoms with van der Waals surface area (Å²) in [5, 5.41) is 3.78. The molecule has 0 saturated carbocycles. The highest BCUT2D eigenvalue weighted by atomic mass is 16.5. The number of aromatic nitrogens is 2. The molecule has 0 amide bonds. The molecule has 2 N–H and O–H groups in total. The molecule has 0 aliphatic rings. The third-order valence-electron chi connectivity index (χ3n) is 1.69. The molecule has 0 radical (unpaired) electrons. The van der Waals surface area contributed by atoms with Crippen LogP contribution in [0.5, 0.6) is 0 Å². The van der Waals surface area contributed by atoms with E-state index in [-0.39, 0.29) is 0 Å². The normalized spacial score (nSPS) is 10.7. The minimum atomic E-state index is 0.547. The fourth-order valence-electron chi connectivity index (χ4n) is 1.03. The van der Waals surface area contributed by atoms with Crippen LogP contribution in [0.15, 0.2) is 4.52 Å². The average Bonchev–Trinajstić information content (AvgIpc) is 2.61. The molecule has 14 heavy (non-hydrogen) atoms. The van der Waals surface area contributed by atoms with Gasteiger partial charge in [0.15, 0.2) is 5.82 Å². The smallest absolute Gasteiger partial charge is 0.228 e. The van der Waals surface area contributed by atoms with Gasteiger partial charge in [-0.05, 0) is 13.0 Å². The van der Waals surface area contributed by atoms with E-state index in [4.69, 9.17) is 15.0 Å². The first kappa shape index (κ1) is 11.1. The number of hydrogen-bond acceptors (Lipinski definition) is 5. The Kier molecular flexibility index (Phi) is 5.17. The van der Waals surface area contributed by atoms with E-state index in [9.17, 15) is 0 Å². The maximum Gasteiger partial charge on any atom is 0.228 e. The molecule has 0 aliphatic carbocycles. The molecular weight excluding hydrogens is 182 g/mol. The Labute approximate surface area is 83.6 Å². The fourth-order valence-corrected chi connectivity index (χ4v) is 1.03. The van der Waals surface area contributed by atoms with E-state index in [1.807, 2.05) is 0 Å². The molecule has 0 atom stereocenters. The van der Waals surface area contributed by atoms with Gasteiger partial charge >= 0.3 is 0 Å². The van der Waals surface area contributed by atoms with Gasteiger partial charge in [-0.1, -0.05) is 12.1 Å². The minimum absolute atomic E-state index is 0.547. The quantitative estimate of drug-likeness (QED) is 0.649. The first-order valence-electron chi connectivity index (χ1n) is 4.96. The van der Waals surface area contributed by atoms with Gasteiger partial charge in [0, 0.05) is 13.0 Å². The molecule has 0 unspecified atom stereocenters. The van der Waals surface area contributed by atoms with E-state index >= 15 is 0 Å². The van der Waals surface area contributed by atoms with Crippen molar-refractivity contribution < 1.29 is 9.26 Å². The van der Waals surface area contributed by atoms with Crippen LogP contribution >= 0.6 is 0 Å². The first-order chi connectivity index (χ1) is 6.86. The van der Waals surface area contributed by atoms with Crippen LogP contribution < -0.4 is 5.73 Å². The van der Waals surface area contributed by atoms with Crippen molar-refractivity contribution in [2.75, 3.05) is 19.8 Å². The largest absolute Gasteiger partial charge is 0.381 e. The second kappa shape index (κ2) is 6.50. The zero-order chi connectivity index (χ0) is 10.2. The van der Waals surface area contributed by atoms with E-state index in [0.717, 1.165) is 13.0 Å². The molecule has 80 valence electrons. The van der Waals surface area contributed by atoms with Crippen LogP contribution in [0.3, 0.4) is 0 Å². The van der Waals surface area contributed by atoms with Crippen molar-refractivity contribution in [2.24, 2.45) is 5.73 Å². The minimum Gasteiger partial charge on any atom is -0.381 e. The zero-order valence-corrected chi connectivity index (χ0v) is 8.53. The maximum absolute atomic E-state index is 5.36. The van der Waals surface area contributed by atoms with Gasteiger partial charge in [-0.3, -0.25) is 0 Å². The third-order valence-corrected chi connectivity index (χ3v) is 1.69. The molecular formula is C9H17N3O2. The highest BCUT2D eigenvalue weighted by Crippen LogP contribution is 1.99. The van der Waals surface area contributed by atoms with Crippen LogP contribution in [-0.4, -0.2) is 29.9 Å². The number of ether oxygens (including phenoxy) is 1. The highest BCUT2D eigenvalue weighted by molar-refractivity contribution is 4.86. The monoisotopic (exact) mass is 199 g/mol. The molecule has 1 aromatic rings. The molecule has 1 heterocycles. The second-order valence-corrected chi connectivity index (χ2v) is 3.01. The summed E-state index contributed by atoms with van der Waals surface area (Å²) in [6.45, 7) is 4.04. The summed E-state index contributed by atoms with van der Waals surface area (Å²) in [5.74, 6) is 1.31. The lowest BCUT2D eigenvalue weighted by Crippen LogP contribution is -2.04. The van der Waals surface area contributed by atoms with Crippen LogP contribution in [0.1, 0.15) is 25.1 Å². The molecule has 1 rings (SSSR count). The lowest BCUT2D eigenvalue weighted by molar-refractivity contribution is 0.132. The van der Waals surface area contributed by atoms with Crippen molar-refractivity contribution in [1.29, 1.82) is 0 Å². The van der Waals surface area contributed by atoms with Crippen molar-refractivity contribution in [3.05, 3.63) is 11.7 Å². The zero-order valence-electron chi connectivity index (χ0n) is 8.53. The van der Waals surface area contributed by atoms with Crippen molar-refractivity contribution in [2.45, 2.75) is 26.2 Å². The summed E-state index contributed by atoms with van der Waals surface area (Å²) < 4.78 is 10.3. The highest BCUT2D eigenvalue weighted by Gasteiger charge is 2.04. The second-order valence-electron chi connectivity index (χ2n) is 3.01. The lowest BCUT2D eigenvalue weighted by Gasteiger charge is -1.97. The van der Waals surface area contributed by atoms with Crippen LogP contribution in [0.4, 0.5) is 0 Å². The molecule has 0 spiro atoms. The van der Waals surface area contributed by atoms with E-state index in [0.29, 0.717) is 37.7 Å². The summed E-state index contributed by atoms with van der Waals surface area (Å²) in [6.07, 6.45) is 2.37. The number of rotatable bonds is 7. The summed E-state index contributed by atoms with van der Waals surface area (Å²) in [4.78, 5) is 4.16. The van der Waals surface area contributed by atoms with Crippen LogP contribution in [-0.2, 0) is 17.6 Å². The molecule has 5 heteroatoms. The molecule has 0 saturated heterocycles. The molecule has 5 nitrogen and oxygen atoms in total. The van der Waals surface area contributed by atoms with Gasteiger partial charge < -0.3 is 15.0 Å². The van der Waals surface area contributed by atoms with Crippen LogP contribution in [0.25, 0.3) is 0 Å². The summed E-state index contributed by atoms with van der Waals surface area (Å²) in [7, 11) is 0. The summed E-state index contributed by atoms with van der Waals surface area (Å²) >= 11 is 0. The molecule has 0 aliphatic heterocycles. The standard InChI is InChI=1S/C9H17N3O2/c1-2-6-13-7-4-9-11-8(3-5-10)12-14-9/h2-7,10H2,1H3. The molecule has 0 bridgehead atoms. The fraction of sp³-hybridized carbons (Fsp3) is 0.778. The van der Waals surface area contributed by atoms with Gasteiger partial charge in [-0.25, -0.2) is 0 Å². The Morgan fingerprint density at radius 3 is 2.93 bits per heavy atom. The lowest BCUT2D eigenvalue weighted by atomic mass is 10.4. The van der Waals surface area contributed by atoms with Crippen molar-refractivity contribution in [1.82, 2.24) is 10.1 Å². The predicted octanol–water partition coefficient (Wildman–Crippen LogP) is 0.540. The summed E-state index contributed by atoms with van der Waals surface area (Å²) in [5.41, 5.74) is 5.36. The average molecular weight is 199 g/mol. The topological polar surface area (TPSA) is 74.2 Å². The van der Waals surface area contributed by atoms with Gasteiger partial charge in [0.2, 0.25) is 5.89 Å². The van der Waals surface area contributed by atoms with Crippen LogP contribution in [0, 0.1) is 0 Å². The Bertz CT molecular complexity index is 250. The number of nitrogens with zero attached hydrogens (tertiary/aromatic N) is 2. The van der Waals surface area contributed by atoms with E-state index in [1.165, 1.54) is 0 Å². The van der Waals surface area contributed by atoms with Gasteiger partial charge in [0.25, 0.3) is 0 Å². The number of hydrogen-bond donors (Lipinski definition) is 1. The van der Waals surface area contributed by atoms with Gasteiger partial charge in [0.05, 0.1) is 13.0 Å². The van der Waals surface area contributed by atoms with Crippen molar-refractivity contribution in [3.63, 3.8) is 0 Å². The third kappa shape index (κ3) is 3.85. The van der Waals surface area contributed by atoms with E-state index in [1.54, 1.807) is 0 Å². The van der Waals surface area contributed by atoms with E-state index in [2.05, 4.69) is 17.1 Å². The maximum atomic E-state index is 5.36. The van der Waals surface area contributed by atoms with Crippen molar-refractivity contribution >= 4 is 0 Å². The Morgan fingerprint density at radius 1 is 1.36 bits per heavy atom. The van der Waals surface area contributed by atoms with Crippen molar-refractivity contribution in [3.8, 4) is 0 Å². The predicted molar refractivity (Wildman–Crippen MR) is 51.9 cm³/mol.